The average molecular weight is 155 g/mol. The second-order valence-corrected chi connectivity index (χ2v) is 1.85. The number of rotatable bonds is 2. The summed E-state index contributed by atoms with van der Waals surface area (Å²) in [5, 5.41) is 12.3. The molecule has 0 radical (unpaired) electrons. The Morgan fingerprint density at radius 3 is 2.64 bits per heavy atom. The van der Waals surface area contributed by atoms with Gasteiger partial charge in [-0.2, -0.15) is 0 Å². The second kappa shape index (κ2) is 3.00. The first-order chi connectivity index (χ1) is 5.27. The number of carbonyl (C=O) groups is 1. The average Bonchev–Trinajstić information content (AvgIpc) is 2.50. The van der Waals surface area contributed by atoms with Gasteiger partial charge < -0.3 is 15.6 Å². The van der Waals surface area contributed by atoms with Crippen molar-refractivity contribution in [1.82, 2.24) is 20.5 Å². The summed E-state index contributed by atoms with van der Waals surface area (Å²) in [7, 11) is 3.22. The van der Waals surface area contributed by atoms with Gasteiger partial charge in [0, 0.05) is 14.1 Å². The van der Waals surface area contributed by atoms with Crippen LogP contribution in [0.3, 0.4) is 0 Å². The molecule has 0 aliphatic rings. The smallest absolute Gasteiger partial charge is 0.288 e. The Bertz CT molecular complexity index is 255. The lowest BCUT2D eigenvalue weighted by Gasteiger charge is -1.91. The Balaban J connectivity index is 2.80. The van der Waals surface area contributed by atoms with Crippen LogP contribution in [0.2, 0.25) is 0 Å². The van der Waals surface area contributed by atoms with Gasteiger partial charge in [0.05, 0.1) is 0 Å². The number of nitrogens with zero attached hydrogens (tertiary/aromatic N) is 2. The molecule has 0 fully saturated rings. The van der Waals surface area contributed by atoms with E-state index in [2.05, 4.69) is 25.8 Å². The highest BCUT2D eigenvalue weighted by molar-refractivity contribution is 5.90. The normalized spacial score (nSPS) is 9.27. The van der Waals surface area contributed by atoms with Gasteiger partial charge in [-0.3, -0.25) is 4.79 Å². The van der Waals surface area contributed by atoms with Gasteiger partial charge in [-0.1, -0.05) is 0 Å². The van der Waals surface area contributed by atoms with E-state index in [9.17, 15) is 4.79 Å². The summed E-state index contributed by atoms with van der Waals surface area (Å²) < 4.78 is 0. The molecule has 1 heterocycles. The third-order valence-corrected chi connectivity index (χ3v) is 1.17. The van der Waals surface area contributed by atoms with Crippen molar-refractivity contribution in [2.24, 2.45) is 0 Å². The maximum Gasteiger partial charge on any atom is 0.288 e. The van der Waals surface area contributed by atoms with Crippen LogP contribution < -0.4 is 10.6 Å². The van der Waals surface area contributed by atoms with Gasteiger partial charge in [-0.25, -0.2) is 0 Å². The van der Waals surface area contributed by atoms with E-state index in [0.29, 0.717) is 5.95 Å². The highest BCUT2D eigenvalue weighted by Crippen LogP contribution is 1.95. The van der Waals surface area contributed by atoms with Gasteiger partial charge in [0.1, 0.15) is 0 Å². The fraction of sp³-hybridized carbons (Fsp3) is 0.400. The number of hydrogen-bond donors (Lipinski definition) is 3. The summed E-state index contributed by atoms with van der Waals surface area (Å²) in [6.07, 6.45) is 0. The van der Waals surface area contributed by atoms with E-state index in [1.165, 1.54) is 7.05 Å². The summed E-state index contributed by atoms with van der Waals surface area (Å²) in [6, 6.07) is 0. The molecule has 3 N–H and O–H groups in total. The van der Waals surface area contributed by atoms with Crippen LogP contribution in [-0.4, -0.2) is 35.2 Å². The summed E-state index contributed by atoms with van der Waals surface area (Å²) >= 11 is 0. The molecule has 1 rings (SSSR count). The number of nitrogens with one attached hydrogen (secondary N) is 3. The number of carbonyl (C=O) groups excluding carboxylic acids is 1. The van der Waals surface area contributed by atoms with E-state index in [1.54, 1.807) is 7.05 Å². The topological polar surface area (TPSA) is 82.7 Å². The van der Waals surface area contributed by atoms with Gasteiger partial charge in [0.2, 0.25) is 11.8 Å². The molecule has 0 unspecified atom stereocenters. The monoisotopic (exact) mass is 155 g/mol. The standard InChI is InChI=1S/C5H9N5O/c1-6-4(11)3-8-5(7-2)10-9-3/h1-2H3,(H,6,11)(H2,7,8,9,10). The first-order valence-electron chi connectivity index (χ1n) is 3.10. The van der Waals surface area contributed by atoms with Crippen LogP contribution >= 0.6 is 0 Å². The fourth-order valence-electron chi connectivity index (χ4n) is 0.595. The lowest BCUT2D eigenvalue weighted by atomic mass is 10.6. The second-order valence-electron chi connectivity index (χ2n) is 1.85. The van der Waals surface area contributed by atoms with Gasteiger partial charge in [-0.15, -0.1) is 10.2 Å². The Morgan fingerprint density at radius 1 is 1.45 bits per heavy atom. The van der Waals surface area contributed by atoms with E-state index in [4.69, 9.17) is 0 Å². The van der Waals surface area contributed by atoms with Gasteiger partial charge in [0.25, 0.3) is 5.91 Å². The molecule has 0 aliphatic carbocycles. The van der Waals surface area contributed by atoms with E-state index in [1.807, 2.05) is 0 Å². The van der Waals surface area contributed by atoms with Crippen molar-refractivity contribution >= 4 is 11.9 Å². The molecule has 6 nitrogen and oxygen atoms in total. The SMILES string of the molecule is CNC(=O)c1nnc(NC)[nH]1. The van der Waals surface area contributed by atoms with Gasteiger partial charge >= 0.3 is 0 Å². The molecule has 0 aromatic carbocycles. The van der Waals surface area contributed by atoms with Crippen molar-refractivity contribution in [3.05, 3.63) is 5.82 Å². The molecular formula is C5H9N5O. The summed E-state index contributed by atoms with van der Waals surface area (Å²) in [4.78, 5) is 13.5. The maximum absolute atomic E-state index is 10.9. The highest BCUT2D eigenvalue weighted by Gasteiger charge is 2.07. The molecule has 0 bridgehead atoms. The first-order valence-corrected chi connectivity index (χ1v) is 3.10. The van der Waals surface area contributed by atoms with E-state index in [-0.39, 0.29) is 11.7 Å². The Hall–Kier alpha value is -1.59. The zero-order valence-electron chi connectivity index (χ0n) is 6.30. The van der Waals surface area contributed by atoms with Crippen molar-refractivity contribution in [2.45, 2.75) is 0 Å². The number of anilines is 1. The third kappa shape index (κ3) is 1.46. The predicted octanol–water partition coefficient (Wildman–Crippen LogP) is -0.794. The van der Waals surface area contributed by atoms with Gasteiger partial charge in [-0.05, 0) is 0 Å². The minimum Gasteiger partial charge on any atom is -0.358 e. The molecule has 0 spiro atoms. The van der Waals surface area contributed by atoms with Gasteiger partial charge in [0.15, 0.2) is 0 Å². The largest absolute Gasteiger partial charge is 0.358 e. The summed E-state index contributed by atoms with van der Waals surface area (Å²) in [5.74, 6) is 0.402. The van der Waals surface area contributed by atoms with Crippen LogP contribution in [0.1, 0.15) is 10.6 Å². The molecule has 0 aliphatic heterocycles. The highest BCUT2D eigenvalue weighted by atomic mass is 16.2. The van der Waals surface area contributed by atoms with Crippen LogP contribution in [0.4, 0.5) is 5.95 Å². The van der Waals surface area contributed by atoms with E-state index in [0.717, 1.165) is 0 Å². The summed E-state index contributed by atoms with van der Waals surface area (Å²) in [6.45, 7) is 0. The molecule has 1 aromatic heterocycles. The molecule has 60 valence electrons. The van der Waals surface area contributed by atoms with Crippen molar-refractivity contribution in [2.75, 3.05) is 19.4 Å². The number of aromatic amines is 1. The number of H-pyrrole nitrogens is 1. The van der Waals surface area contributed by atoms with Crippen LogP contribution in [0.5, 0.6) is 0 Å². The quantitative estimate of drug-likeness (QED) is 0.522. The lowest BCUT2D eigenvalue weighted by Crippen LogP contribution is -2.19. The molecule has 0 saturated carbocycles. The zero-order valence-corrected chi connectivity index (χ0v) is 6.30. The van der Waals surface area contributed by atoms with Crippen LogP contribution in [0.25, 0.3) is 0 Å². The number of amides is 1. The van der Waals surface area contributed by atoms with Crippen LogP contribution in [0.15, 0.2) is 0 Å². The Kier molecular flexibility index (Phi) is 2.05. The first kappa shape index (κ1) is 7.52. The fourth-order valence-corrected chi connectivity index (χ4v) is 0.595. The minimum atomic E-state index is -0.279. The maximum atomic E-state index is 10.9. The minimum absolute atomic E-state index is 0.205. The predicted molar refractivity (Wildman–Crippen MR) is 39.3 cm³/mol. The third-order valence-electron chi connectivity index (χ3n) is 1.17. The van der Waals surface area contributed by atoms with Crippen molar-refractivity contribution in [1.29, 1.82) is 0 Å². The number of aromatic nitrogens is 3. The molecule has 6 heteroatoms. The molecule has 1 amide bonds. The van der Waals surface area contributed by atoms with Crippen molar-refractivity contribution in [3.63, 3.8) is 0 Å². The molecule has 11 heavy (non-hydrogen) atoms. The van der Waals surface area contributed by atoms with E-state index < -0.39 is 0 Å². The van der Waals surface area contributed by atoms with E-state index >= 15 is 0 Å². The Morgan fingerprint density at radius 2 is 2.18 bits per heavy atom. The van der Waals surface area contributed by atoms with Crippen molar-refractivity contribution < 1.29 is 4.79 Å². The van der Waals surface area contributed by atoms with Crippen LogP contribution in [-0.2, 0) is 0 Å². The Labute approximate surface area is 63.4 Å². The molecule has 0 atom stereocenters. The summed E-state index contributed by atoms with van der Waals surface area (Å²) in [5.41, 5.74) is 0. The molecular weight excluding hydrogens is 146 g/mol. The lowest BCUT2D eigenvalue weighted by molar-refractivity contribution is 0.0953. The van der Waals surface area contributed by atoms with Crippen molar-refractivity contribution in [3.8, 4) is 0 Å². The molecule has 0 saturated heterocycles. The zero-order chi connectivity index (χ0) is 8.27. The molecule has 1 aromatic rings. The number of hydrogen-bond acceptors (Lipinski definition) is 4. The van der Waals surface area contributed by atoms with Crippen LogP contribution in [0, 0.1) is 0 Å².